The summed E-state index contributed by atoms with van der Waals surface area (Å²) in [5.74, 6) is 0. The quantitative estimate of drug-likeness (QED) is 0.343. The number of nitrogens with zero attached hydrogens (tertiary/aromatic N) is 1. The Morgan fingerprint density at radius 1 is 0.808 bits per heavy atom. The van der Waals surface area contributed by atoms with Crippen LogP contribution in [0.1, 0.15) is 0 Å². The fraction of sp³-hybridized carbons (Fsp3) is 0. The van der Waals surface area contributed by atoms with E-state index in [1.54, 1.807) is 12.1 Å². The van der Waals surface area contributed by atoms with Crippen LogP contribution < -0.4 is 10.6 Å². The number of hydrogen-bond donors (Lipinski definition) is 2. The average Bonchev–Trinajstić information content (AvgIpc) is 2.64. The maximum Gasteiger partial charge on any atom is 0.269 e. The predicted octanol–water partition coefficient (Wildman–Crippen LogP) is 5.55. The molecule has 5 nitrogen and oxygen atoms in total. The van der Waals surface area contributed by atoms with Gasteiger partial charge in [-0.3, -0.25) is 10.1 Å². The minimum absolute atomic E-state index is 0.0910. The van der Waals surface area contributed by atoms with E-state index in [2.05, 4.69) is 10.6 Å². The maximum atomic E-state index is 10.7. The van der Waals surface area contributed by atoms with Crippen molar-refractivity contribution in [1.29, 1.82) is 0 Å². The van der Waals surface area contributed by atoms with Crippen LogP contribution in [-0.2, 0) is 0 Å². The van der Waals surface area contributed by atoms with Crippen molar-refractivity contribution in [2.75, 3.05) is 10.6 Å². The van der Waals surface area contributed by atoms with Crippen molar-refractivity contribution in [2.24, 2.45) is 0 Å². The molecule has 0 unspecified atom stereocenters. The number of rotatable bonds is 5. The highest BCUT2D eigenvalue weighted by atomic mass is 32.2. The van der Waals surface area contributed by atoms with E-state index < -0.39 is 4.92 Å². The average molecular weight is 381 g/mol. The van der Waals surface area contributed by atoms with E-state index >= 15 is 0 Å². The maximum absolute atomic E-state index is 10.7. The molecule has 0 amide bonds. The number of para-hydroxylation sites is 1. The number of nitrogens with one attached hydrogen (secondary N) is 2. The van der Waals surface area contributed by atoms with E-state index in [9.17, 15) is 10.1 Å². The number of hydrogen-bond acceptors (Lipinski definition) is 4. The molecule has 0 saturated carbocycles. The van der Waals surface area contributed by atoms with Gasteiger partial charge in [-0.2, -0.15) is 0 Å². The molecular weight excluding hydrogens is 366 g/mol. The van der Waals surface area contributed by atoms with Crippen LogP contribution in [0.15, 0.2) is 88.7 Å². The van der Waals surface area contributed by atoms with Crippen molar-refractivity contribution in [3.63, 3.8) is 0 Å². The second-order valence-electron chi connectivity index (χ2n) is 5.32. The molecule has 0 radical (unpaired) electrons. The van der Waals surface area contributed by atoms with Crippen LogP contribution in [0.25, 0.3) is 0 Å². The van der Waals surface area contributed by atoms with E-state index in [1.165, 1.54) is 23.9 Å². The Labute approximate surface area is 160 Å². The molecule has 0 heterocycles. The topological polar surface area (TPSA) is 67.2 Å². The Kier molecular flexibility index (Phi) is 5.83. The van der Waals surface area contributed by atoms with E-state index in [4.69, 9.17) is 12.2 Å². The van der Waals surface area contributed by atoms with Gasteiger partial charge in [0.25, 0.3) is 5.69 Å². The van der Waals surface area contributed by atoms with Crippen LogP contribution in [0.3, 0.4) is 0 Å². The van der Waals surface area contributed by atoms with Crippen LogP contribution in [0.4, 0.5) is 17.1 Å². The second kappa shape index (κ2) is 8.46. The molecule has 130 valence electrons. The van der Waals surface area contributed by atoms with Crippen molar-refractivity contribution in [2.45, 2.75) is 9.79 Å². The van der Waals surface area contributed by atoms with Crippen molar-refractivity contribution in [3.8, 4) is 0 Å². The fourth-order valence-electron chi connectivity index (χ4n) is 2.19. The number of benzene rings is 3. The zero-order valence-corrected chi connectivity index (χ0v) is 15.2. The molecule has 3 aromatic carbocycles. The number of non-ortho nitro benzene ring substituents is 1. The standard InChI is InChI=1S/C19H15N3O2S2/c23-22(24)16-8-12-18(13-9-16)26-17-10-6-15(7-11-17)21-19(25)20-14-4-2-1-3-5-14/h1-13H,(H2,20,21,25). The molecule has 0 spiro atoms. The SMILES string of the molecule is O=[N+]([O-])c1ccc(Sc2ccc(NC(=S)Nc3ccccc3)cc2)cc1. The number of nitro groups is 1. The van der Waals surface area contributed by atoms with Gasteiger partial charge in [0.15, 0.2) is 5.11 Å². The summed E-state index contributed by atoms with van der Waals surface area (Å²) in [7, 11) is 0. The van der Waals surface area contributed by atoms with Gasteiger partial charge in [0.2, 0.25) is 0 Å². The third-order valence-electron chi connectivity index (χ3n) is 3.43. The Morgan fingerprint density at radius 2 is 1.31 bits per heavy atom. The van der Waals surface area contributed by atoms with Gasteiger partial charge in [0, 0.05) is 33.3 Å². The van der Waals surface area contributed by atoms with Gasteiger partial charge < -0.3 is 10.6 Å². The molecule has 0 fully saturated rings. The van der Waals surface area contributed by atoms with E-state index in [0.717, 1.165) is 21.2 Å². The van der Waals surface area contributed by atoms with Crippen LogP contribution in [0.2, 0.25) is 0 Å². The van der Waals surface area contributed by atoms with Crippen molar-refractivity contribution >= 4 is 46.2 Å². The molecule has 2 N–H and O–H groups in total. The Bertz CT molecular complexity index is 898. The number of anilines is 2. The van der Waals surface area contributed by atoms with Crippen LogP contribution in [0.5, 0.6) is 0 Å². The highest BCUT2D eigenvalue weighted by Crippen LogP contribution is 2.29. The largest absolute Gasteiger partial charge is 0.332 e. The molecule has 0 saturated heterocycles. The number of nitro benzene ring substituents is 1. The van der Waals surface area contributed by atoms with Gasteiger partial charge in [-0.1, -0.05) is 30.0 Å². The lowest BCUT2D eigenvalue weighted by Crippen LogP contribution is -2.18. The molecule has 0 aromatic heterocycles. The molecule has 0 aliphatic rings. The summed E-state index contributed by atoms with van der Waals surface area (Å²) < 4.78 is 0. The first-order valence-electron chi connectivity index (χ1n) is 7.75. The van der Waals surface area contributed by atoms with E-state index in [0.29, 0.717) is 5.11 Å². The van der Waals surface area contributed by atoms with Gasteiger partial charge in [0.1, 0.15) is 0 Å². The van der Waals surface area contributed by atoms with Crippen LogP contribution in [-0.4, -0.2) is 10.0 Å². The first-order chi connectivity index (χ1) is 12.6. The summed E-state index contributed by atoms with van der Waals surface area (Å²) >= 11 is 6.85. The summed E-state index contributed by atoms with van der Waals surface area (Å²) in [6, 6.07) is 24.0. The van der Waals surface area contributed by atoms with Gasteiger partial charge in [-0.05, 0) is 60.7 Å². The van der Waals surface area contributed by atoms with Crippen molar-refractivity contribution in [1.82, 2.24) is 0 Å². The Hall–Kier alpha value is -2.90. The molecule has 7 heteroatoms. The third-order valence-corrected chi connectivity index (χ3v) is 4.65. The number of thiocarbonyl (C=S) groups is 1. The molecule has 0 aliphatic heterocycles. The first-order valence-corrected chi connectivity index (χ1v) is 8.98. The minimum atomic E-state index is -0.402. The fourth-order valence-corrected chi connectivity index (χ4v) is 3.25. The highest BCUT2D eigenvalue weighted by molar-refractivity contribution is 7.99. The summed E-state index contributed by atoms with van der Waals surface area (Å²) in [5.41, 5.74) is 1.90. The zero-order chi connectivity index (χ0) is 18.4. The molecule has 3 aromatic rings. The molecular formula is C19H15N3O2S2. The second-order valence-corrected chi connectivity index (χ2v) is 6.88. The summed E-state index contributed by atoms with van der Waals surface area (Å²) in [5, 5.41) is 17.5. The molecule has 0 atom stereocenters. The Balaban J connectivity index is 1.57. The third kappa shape index (κ3) is 5.05. The zero-order valence-electron chi connectivity index (χ0n) is 13.6. The van der Waals surface area contributed by atoms with Gasteiger partial charge in [-0.15, -0.1) is 0 Å². The summed E-state index contributed by atoms with van der Waals surface area (Å²) in [6.07, 6.45) is 0. The molecule has 0 aliphatic carbocycles. The summed E-state index contributed by atoms with van der Waals surface area (Å²) in [4.78, 5) is 12.3. The molecule has 26 heavy (non-hydrogen) atoms. The first kappa shape index (κ1) is 17.9. The van der Waals surface area contributed by atoms with E-state index in [-0.39, 0.29) is 5.69 Å². The lowest BCUT2D eigenvalue weighted by Gasteiger charge is -2.11. The lowest BCUT2D eigenvalue weighted by molar-refractivity contribution is -0.384. The van der Waals surface area contributed by atoms with Crippen molar-refractivity contribution in [3.05, 3.63) is 89.0 Å². The minimum Gasteiger partial charge on any atom is -0.332 e. The summed E-state index contributed by atoms with van der Waals surface area (Å²) in [6.45, 7) is 0. The smallest absolute Gasteiger partial charge is 0.269 e. The Morgan fingerprint density at radius 3 is 1.85 bits per heavy atom. The molecule has 3 rings (SSSR count). The molecule has 0 bridgehead atoms. The lowest BCUT2D eigenvalue weighted by atomic mass is 10.3. The van der Waals surface area contributed by atoms with Crippen LogP contribution in [0, 0.1) is 10.1 Å². The van der Waals surface area contributed by atoms with E-state index in [1.807, 2.05) is 54.6 Å². The highest BCUT2D eigenvalue weighted by Gasteiger charge is 2.05. The predicted molar refractivity (Wildman–Crippen MR) is 110 cm³/mol. The van der Waals surface area contributed by atoms with Crippen molar-refractivity contribution < 1.29 is 4.92 Å². The van der Waals surface area contributed by atoms with Crippen LogP contribution >= 0.6 is 24.0 Å². The van der Waals surface area contributed by atoms with Gasteiger partial charge in [0.05, 0.1) is 4.92 Å². The normalized spacial score (nSPS) is 10.2. The van der Waals surface area contributed by atoms with Gasteiger partial charge >= 0.3 is 0 Å². The van der Waals surface area contributed by atoms with Gasteiger partial charge in [-0.25, -0.2) is 0 Å². The monoisotopic (exact) mass is 381 g/mol.